The van der Waals surface area contributed by atoms with E-state index in [-0.39, 0.29) is 6.42 Å². The molecule has 0 saturated carbocycles. The van der Waals surface area contributed by atoms with Crippen molar-refractivity contribution >= 4 is 20.7 Å². The van der Waals surface area contributed by atoms with Gasteiger partial charge >= 0.3 is 20.7 Å². The first-order valence-electron chi connectivity index (χ1n) is 5.32. The number of hydrogen-bond acceptors (Lipinski definition) is 3. The van der Waals surface area contributed by atoms with Crippen molar-refractivity contribution in [3.05, 3.63) is 24.3 Å². The molecule has 9 heteroatoms. The van der Waals surface area contributed by atoms with Gasteiger partial charge in [-0.1, -0.05) is 25.1 Å². The van der Waals surface area contributed by atoms with Crippen LogP contribution >= 0.6 is 15.0 Å². The van der Waals surface area contributed by atoms with Gasteiger partial charge < -0.3 is 19.8 Å². The average molecular weight is 308 g/mol. The van der Waals surface area contributed by atoms with Gasteiger partial charge in [0.05, 0.1) is 0 Å². The molecular weight excluding hydrogens is 294 g/mol. The molecule has 0 aromatic carbocycles. The van der Waals surface area contributed by atoms with Gasteiger partial charge in [0.25, 0.3) is 0 Å². The Labute approximate surface area is 109 Å². The Balaban J connectivity index is 0.000000241. The van der Waals surface area contributed by atoms with Gasteiger partial charge in [-0.15, -0.1) is 0 Å². The second-order valence-corrected chi connectivity index (χ2v) is 8.42. The molecule has 2 rings (SSSR count). The molecule has 0 aromatic heterocycles. The van der Waals surface area contributed by atoms with E-state index >= 15 is 0 Å². The summed E-state index contributed by atoms with van der Waals surface area (Å²) in [6.07, 6.45) is -0.371. The molecule has 0 saturated heterocycles. The Kier molecular flexibility index (Phi) is 4.72. The first kappa shape index (κ1) is 16.1. The molecule has 2 atom stereocenters. The SMILES string of the molecule is CCC(P(=O)(O)O)P(=O)(O)C(=O)O.c1cc2cc-2c1. The van der Waals surface area contributed by atoms with Crippen LogP contribution in [-0.2, 0) is 9.13 Å². The maximum Gasteiger partial charge on any atom is 0.389 e. The monoisotopic (exact) mass is 308 g/mol. The summed E-state index contributed by atoms with van der Waals surface area (Å²) >= 11 is 0. The van der Waals surface area contributed by atoms with E-state index in [1.54, 1.807) is 0 Å². The van der Waals surface area contributed by atoms with E-state index < -0.39 is 26.1 Å². The summed E-state index contributed by atoms with van der Waals surface area (Å²) in [7, 11) is -9.69. The molecule has 0 aliphatic heterocycles. The van der Waals surface area contributed by atoms with Crippen LogP contribution < -0.4 is 0 Å². The van der Waals surface area contributed by atoms with E-state index in [4.69, 9.17) is 19.8 Å². The first-order chi connectivity index (χ1) is 8.60. The van der Waals surface area contributed by atoms with Crippen molar-refractivity contribution in [2.75, 3.05) is 0 Å². The summed E-state index contributed by atoms with van der Waals surface area (Å²) in [5.41, 5.74) is 0.771. The summed E-state index contributed by atoms with van der Waals surface area (Å²) in [5, 5.41) is 6.23. The lowest BCUT2D eigenvalue weighted by Gasteiger charge is -2.18. The molecule has 19 heavy (non-hydrogen) atoms. The number of hydrogen-bond donors (Lipinski definition) is 4. The highest BCUT2D eigenvalue weighted by Crippen LogP contribution is 2.63. The summed E-state index contributed by atoms with van der Waals surface area (Å²) in [6, 6.07) is 8.48. The fourth-order valence-corrected chi connectivity index (χ4v) is 4.65. The highest BCUT2D eigenvalue weighted by atomic mass is 31.2. The average Bonchev–Trinajstić information content (AvgIpc) is 2.85. The maximum atomic E-state index is 11.0. The highest BCUT2D eigenvalue weighted by molar-refractivity contribution is 7.84. The van der Waals surface area contributed by atoms with Crippen molar-refractivity contribution < 1.29 is 33.7 Å². The zero-order valence-corrected chi connectivity index (χ0v) is 11.8. The van der Waals surface area contributed by atoms with Gasteiger partial charge in [0.2, 0.25) is 0 Å². The molecule has 0 spiro atoms. The fraction of sp³-hybridized carbons (Fsp3) is 0.300. The summed E-state index contributed by atoms with van der Waals surface area (Å²) < 4.78 is 21.6. The van der Waals surface area contributed by atoms with Gasteiger partial charge in [-0.2, -0.15) is 0 Å². The second kappa shape index (κ2) is 5.57. The molecule has 0 aromatic rings. The molecule has 0 radical (unpaired) electrons. The normalized spacial score (nSPS) is 16.6. The van der Waals surface area contributed by atoms with Gasteiger partial charge in [-0.05, 0) is 23.6 Å². The van der Waals surface area contributed by atoms with Crippen LogP contribution in [0.4, 0.5) is 4.79 Å². The lowest BCUT2D eigenvalue weighted by molar-refractivity contribution is 0.214. The number of carbonyl (C=O) groups is 1. The zero-order valence-electron chi connectivity index (χ0n) is 10.0. The summed E-state index contributed by atoms with van der Waals surface area (Å²) in [6.45, 7) is 1.23. The quantitative estimate of drug-likeness (QED) is 0.638. The first-order valence-corrected chi connectivity index (χ1v) is 8.73. The molecule has 7 nitrogen and oxygen atoms in total. The van der Waals surface area contributed by atoms with Crippen molar-refractivity contribution in [2.45, 2.75) is 18.7 Å². The smallest absolute Gasteiger partial charge is 0.389 e. The van der Waals surface area contributed by atoms with E-state index in [0.29, 0.717) is 0 Å². The van der Waals surface area contributed by atoms with Crippen molar-refractivity contribution in [2.24, 2.45) is 0 Å². The Morgan fingerprint density at radius 2 is 1.68 bits per heavy atom. The molecular formula is C10H14O7P2. The van der Waals surface area contributed by atoms with Crippen LogP contribution in [0.1, 0.15) is 13.3 Å². The lowest BCUT2D eigenvalue weighted by Crippen LogP contribution is -2.13. The predicted molar refractivity (Wildman–Crippen MR) is 69.4 cm³/mol. The number of rotatable bonds is 4. The number of benzene rings is 1. The van der Waals surface area contributed by atoms with E-state index in [0.717, 1.165) is 0 Å². The summed E-state index contributed by atoms with van der Waals surface area (Å²) in [5.74, 6) is 0. The third-order valence-electron chi connectivity index (χ3n) is 2.54. The molecule has 4 N–H and O–H groups in total. The number of fused-ring (bicyclic) bond motifs is 1. The second-order valence-electron chi connectivity index (χ2n) is 3.96. The number of carboxylic acid groups (broad SMARTS) is 1. The van der Waals surface area contributed by atoms with Gasteiger partial charge in [0.1, 0.15) is 5.40 Å². The zero-order chi connectivity index (χ0) is 14.8. The van der Waals surface area contributed by atoms with Crippen molar-refractivity contribution in [1.82, 2.24) is 0 Å². The molecule has 2 unspecified atom stereocenters. The van der Waals surface area contributed by atoms with E-state index in [1.807, 2.05) is 0 Å². The van der Waals surface area contributed by atoms with Crippen LogP contribution in [0, 0.1) is 0 Å². The van der Waals surface area contributed by atoms with E-state index in [1.165, 1.54) is 18.1 Å². The molecule has 0 amide bonds. The maximum absolute atomic E-state index is 11.0. The predicted octanol–water partition coefficient (Wildman–Crippen LogP) is 2.52. The van der Waals surface area contributed by atoms with Crippen molar-refractivity contribution in [3.63, 3.8) is 0 Å². The highest BCUT2D eigenvalue weighted by Gasteiger charge is 2.47. The van der Waals surface area contributed by atoms with Crippen molar-refractivity contribution in [1.29, 1.82) is 0 Å². The fourth-order valence-electron chi connectivity index (χ4n) is 1.49. The van der Waals surface area contributed by atoms with Crippen LogP contribution in [0.2, 0.25) is 0 Å². The molecule has 2 aliphatic rings. The van der Waals surface area contributed by atoms with Crippen LogP contribution in [0.15, 0.2) is 24.3 Å². The minimum Gasteiger partial charge on any atom is -0.474 e. The van der Waals surface area contributed by atoms with Gasteiger partial charge in [-0.25, -0.2) is 4.79 Å². The Bertz CT molecular complexity index is 560. The topological polar surface area (TPSA) is 132 Å². The van der Waals surface area contributed by atoms with Gasteiger partial charge in [0.15, 0.2) is 0 Å². The molecule has 2 aliphatic carbocycles. The molecule has 0 bridgehead atoms. The third kappa shape index (κ3) is 4.00. The van der Waals surface area contributed by atoms with Crippen molar-refractivity contribution in [3.8, 4) is 11.1 Å². The van der Waals surface area contributed by atoms with Crippen LogP contribution in [0.5, 0.6) is 0 Å². The Morgan fingerprint density at radius 3 is 1.79 bits per heavy atom. The minimum absolute atomic E-state index is 0.371. The largest absolute Gasteiger partial charge is 0.474 e. The Morgan fingerprint density at radius 1 is 1.21 bits per heavy atom. The van der Waals surface area contributed by atoms with Crippen LogP contribution in [0.3, 0.4) is 0 Å². The standard InChI is InChI=1S/C6H4.C4H10O7P2/c1-2-5-4-6(5)3-1;1-2-3(13(9,10)11)12(7,8)4(5)6/h1-4H;3H,2H2,1H3,(H,5,6)(H,7,8)(H2,9,10,11). The van der Waals surface area contributed by atoms with Crippen LogP contribution in [-0.4, -0.2) is 30.9 Å². The minimum atomic E-state index is -4.85. The van der Waals surface area contributed by atoms with E-state index in [2.05, 4.69) is 24.3 Å². The third-order valence-corrected chi connectivity index (χ3v) is 7.25. The summed E-state index contributed by atoms with van der Waals surface area (Å²) in [4.78, 5) is 36.2. The lowest BCUT2D eigenvalue weighted by atomic mass is 10.6. The molecule has 0 fully saturated rings. The van der Waals surface area contributed by atoms with E-state index in [9.17, 15) is 13.9 Å². The molecule has 0 heterocycles. The van der Waals surface area contributed by atoms with Crippen LogP contribution in [0.25, 0.3) is 11.1 Å². The Hall–Kier alpha value is -0.970. The molecule has 106 valence electrons. The van der Waals surface area contributed by atoms with Gasteiger partial charge in [-0.3, -0.25) is 9.13 Å². The van der Waals surface area contributed by atoms with Gasteiger partial charge in [0, 0.05) is 0 Å².